The minimum absolute atomic E-state index is 0.152. The monoisotopic (exact) mass is 171 g/mol. The first-order valence-electron chi connectivity index (χ1n) is 3.98. The van der Waals surface area contributed by atoms with Crippen molar-refractivity contribution in [2.45, 2.75) is 20.8 Å². The van der Waals surface area contributed by atoms with Gasteiger partial charge in [-0.1, -0.05) is 0 Å². The fourth-order valence-electron chi connectivity index (χ4n) is 1.10. The Hall–Kier alpha value is -1.06. The minimum atomic E-state index is -0.566. The van der Waals surface area contributed by atoms with Gasteiger partial charge >= 0.3 is 6.09 Å². The van der Waals surface area contributed by atoms with E-state index in [0.29, 0.717) is 6.54 Å². The van der Waals surface area contributed by atoms with Crippen molar-refractivity contribution in [1.29, 1.82) is 0 Å². The summed E-state index contributed by atoms with van der Waals surface area (Å²) in [5.41, 5.74) is -0.566. The first-order valence-corrected chi connectivity index (χ1v) is 3.98. The Morgan fingerprint density at radius 2 is 2.08 bits per heavy atom. The molecule has 1 aliphatic heterocycles. The van der Waals surface area contributed by atoms with Gasteiger partial charge in [-0.05, 0) is 20.8 Å². The van der Waals surface area contributed by atoms with Gasteiger partial charge in [0.25, 0.3) is 0 Å². The Kier molecular flexibility index (Phi) is 2.08. The predicted molar refractivity (Wildman–Crippen MR) is 42.5 cm³/mol. The molecule has 0 aromatic heterocycles. The van der Waals surface area contributed by atoms with E-state index < -0.39 is 11.5 Å². The molecular formula is C8H13NO3. The summed E-state index contributed by atoms with van der Waals surface area (Å²) in [6.45, 7) is 5.84. The molecule has 0 spiro atoms. The van der Waals surface area contributed by atoms with Crippen LogP contribution >= 0.6 is 0 Å². The third-order valence-corrected chi connectivity index (χ3v) is 1.92. The maximum absolute atomic E-state index is 11.5. The summed E-state index contributed by atoms with van der Waals surface area (Å²) in [7, 11) is 0. The van der Waals surface area contributed by atoms with Crippen LogP contribution in [0.15, 0.2) is 0 Å². The van der Waals surface area contributed by atoms with Gasteiger partial charge in [0.05, 0.1) is 5.41 Å². The van der Waals surface area contributed by atoms with E-state index in [1.54, 1.807) is 20.8 Å². The molecular weight excluding hydrogens is 158 g/mol. The summed E-state index contributed by atoms with van der Waals surface area (Å²) in [5, 5.41) is 0. The van der Waals surface area contributed by atoms with Crippen LogP contribution in [0.4, 0.5) is 4.79 Å². The standard InChI is InChI=1S/C8H13NO3/c1-4-9-6(10)8(2,3)5-12-7(9)11/h4-5H2,1-3H3. The Labute approximate surface area is 71.5 Å². The van der Waals surface area contributed by atoms with Crippen LogP contribution in [0.2, 0.25) is 0 Å². The van der Waals surface area contributed by atoms with E-state index in [-0.39, 0.29) is 12.5 Å². The average Bonchev–Trinajstić information content (AvgIpc) is 2.00. The van der Waals surface area contributed by atoms with E-state index in [1.165, 1.54) is 0 Å². The number of hydrogen-bond acceptors (Lipinski definition) is 3. The van der Waals surface area contributed by atoms with Gasteiger partial charge in [0.2, 0.25) is 5.91 Å². The quantitative estimate of drug-likeness (QED) is 0.591. The van der Waals surface area contributed by atoms with Crippen LogP contribution in [0, 0.1) is 5.41 Å². The number of amides is 2. The molecule has 0 aromatic rings. The lowest BCUT2D eigenvalue weighted by Crippen LogP contribution is -2.51. The number of imide groups is 1. The zero-order valence-electron chi connectivity index (χ0n) is 7.59. The molecule has 0 bridgehead atoms. The maximum atomic E-state index is 11.5. The van der Waals surface area contributed by atoms with Crippen LogP contribution in [-0.4, -0.2) is 30.1 Å². The largest absolute Gasteiger partial charge is 0.448 e. The van der Waals surface area contributed by atoms with Crippen molar-refractivity contribution in [3.63, 3.8) is 0 Å². The summed E-state index contributed by atoms with van der Waals surface area (Å²) in [6, 6.07) is 0. The lowest BCUT2D eigenvalue weighted by atomic mass is 9.92. The summed E-state index contributed by atoms with van der Waals surface area (Å²) >= 11 is 0. The molecule has 1 heterocycles. The molecule has 4 nitrogen and oxygen atoms in total. The zero-order valence-corrected chi connectivity index (χ0v) is 7.59. The van der Waals surface area contributed by atoms with Crippen molar-refractivity contribution in [1.82, 2.24) is 4.90 Å². The molecule has 0 radical (unpaired) electrons. The predicted octanol–water partition coefficient (Wildman–Crippen LogP) is 1.01. The molecule has 68 valence electrons. The number of carbonyl (C=O) groups is 2. The average molecular weight is 171 g/mol. The summed E-state index contributed by atoms with van der Waals surface area (Å²) in [6.07, 6.45) is -0.526. The fourth-order valence-corrected chi connectivity index (χ4v) is 1.10. The van der Waals surface area contributed by atoms with Gasteiger partial charge < -0.3 is 4.74 Å². The van der Waals surface area contributed by atoms with E-state index in [9.17, 15) is 9.59 Å². The van der Waals surface area contributed by atoms with Crippen LogP contribution in [0.25, 0.3) is 0 Å². The Bertz CT molecular complexity index is 222. The molecule has 0 aromatic carbocycles. The lowest BCUT2D eigenvalue weighted by molar-refractivity contribution is -0.146. The highest BCUT2D eigenvalue weighted by atomic mass is 16.6. The molecule has 12 heavy (non-hydrogen) atoms. The number of ether oxygens (including phenoxy) is 1. The second-order valence-corrected chi connectivity index (χ2v) is 3.49. The van der Waals surface area contributed by atoms with Crippen LogP contribution < -0.4 is 0 Å². The molecule has 1 aliphatic rings. The molecule has 0 atom stereocenters. The van der Waals surface area contributed by atoms with Gasteiger partial charge in [-0.3, -0.25) is 4.79 Å². The third-order valence-electron chi connectivity index (χ3n) is 1.92. The van der Waals surface area contributed by atoms with Crippen LogP contribution in [0.5, 0.6) is 0 Å². The van der Waals surface area contributed by atoms with Crippen molar-refractivity contribution < 1.29 is 14.3 Å². The molecule has 0 saturated carbocycles. The molecule has 4 heteroatoms. The molecule has 1 saturated heterocycles. The SMILES string of the molecule is CCN1C(=O)OCC(C)(C)C1=O. The third kappa shape index (κ3) is 1.29. The highest BCUT2D eigenvalue weighted by molar-refractivity contribution is 5.96. The second-order valence-electron chi connectivity index (χ2n) is 3.49. The van der Waals surface area contributed by atoms with Crippen LogP contribution in [-0.2, 0) is 9.53 Å². The number of hydrogen-bond donors (Lipinski definition) is 0. The maximum Gasteiger partial charge on any atom is 0.416 e. The number of nitrogens with zero attached hydrogens (tertiary/aromatic N) is 1. The van der Waals surface area contributed by atoms with Crippen molar-refractivity contribution in [3.05, 3.63) is 0 Å². The summed E-state index contributed by atoms with van der Waals surface area (Å²) in [4.78, 5) is 23.6. The first kappa shape index (κ1) is 9.03. The van der Waals surface area contributed by atoms with Gasteiger partial charge in [-0.25, -0.2) is 9.69 Å². The summed E-state index contributed by atoms with van der Waals surface area (Å²) in [5.74, 6) is -0.152. The Balaban J connectivity index is 2.85. The van der Waals surface area contributed by atoms with E-state index in [4.69, 9.17) is 4.74 Å². The summed E-state index contributed by atoms with van der Waals surface area (Å²) < 4.78 is 4.83. The van der Waals surface area contributed by atoms with Crippen molar-refractivity contribution in [2.75, 3.05) is 13.2 Å². The van der Waals surface area contributed by atoms with Crippen LogP contribution in [0.3, 0.4) is 0 Å². The van der Waals surface area contributed by atoms with Gasteiger partial charge in [0, 0.05) is 6.54 Å². The van der Waals surface area contributed by atoms with Gasteiger partial charge in [-0.2, -0.15) is 0 Å². The lowest BCUT2D eigenvalue weighted by Gasteiger charge is -2.34. The zero-order chi connectivity index (χ0) is 9.35. The highest BCUT2D eigenvalue weighted by Crippen LogP contribution is 2.24. The van der Waals surface area contributed by atoms with Crippen LogP contribution in [0.1, 0.15) is 20.8 Å². The van der Waals surface area contributed by atoms with Gasteiger partial charge in [-0.15, -0.1) is 0 Å². The van der Waals surface area contributed by atoms with Gasteiger partial charge in [0.1, 0.15) is 6.61 Å². The minimum Gasteiger partial charge on any atom is -0.448 e. The van der Waals surface area contributed by atoms with E-state index >= 15 is 0 Å². The molecule has 2 amide bonds. The Morgan fingerprint density at radius 1 is 1.50 bits per heavy atom. The van der Waals surface area contributed by atoms with Crippen molar-refractivity contribution in [3.8, 4) is 0 Å². The second kappa shape index (κ2) is 2.77. The van der Waals surface area contributed by atoms with E-state index in [0.717, 1.165) is 4.90 Å². The first-order chi connectivity index (χ1) is 5.49. The molecule has 0 unspecified atom stereocenters. The van der Waals surface area contributed by atoms with E-state index in [1.807, 2.05) is 0 Å². The molecule has 1 fully saturated rings. The smallest absolute Gasteiger partial charge is 0.416 e. The van der Waals surface area contributed by atoms with Gasteiger partial charge in [0.15, 0.2) is 0 Å². The number of rotatable bonds is 1. The van der Waals surface area contributed by atoms with Crippen molar-refractivity contribution in [2.24, 2.45) is 5.41 Å². The molecule has 0 aliphatic carbocycles. The Morgan fingerprint density at radius 3 is 2.50 bits per heavy atom. The normalized spacial score (nSPS) is 22.4. The molecule has 1 rings (SSSR count). The van der Waals surface area contributed by atoms with E-state index in [2.05, 4.69) is 0 Å². The highest BCUT2D eigenvalue weighted by Gasteiger charge is 2.40. The fraction of sp³-hybridized carbons (Fsp3) is 0.750. The topological polar surface area (TPSA) is 46.6 Å². The van der Waals surface area contributed by atoms with Crippen molar-refractivity contribution >= 4 is 12.0 Å². The number of cyclic esters (lactones) is 1. The number of carbonyl (C=O) groups excluding carboxylic acids is 2. The molecule has 0 N–H and O–H groups in total.